The van der Waals surface area contributed by atoms with Gasteiger partial charge < -0.3 is 11.1 Å². The average molecular weight is 329 g/mol. The molecule has 3 rings (SSSR count). The van der Waals surface area contributed by atoms with Crippen molar-refractivity contribution in [3.05, 3.63) is 63.7 Å². The fourth-order valence-electron chi connectivity index (χ4n) is 2.89. The van der Waals surface area contributed by atoms with E-state index in [0.717, 1.165) is 31.2 Å². The summed E-state index contributed by atoms with van der Waals surface area (Å²) in [5.41, 5.74) is 9.10. The fraction of sp³-hybridized carbons (Fsp3) is 0.222. The molecule has 2 aromatic rings. The number of amides is 2. The molecular formula is C18H17ClN2O2. The minimum absolute atomic E-state index is 0.292. The van der Waals surface area contributed by atoms with Gasteiger partial charge in [0.15, 0.2) is 0 Å². The monoisotopic (exact) mass is 328 g/mol. The summed E-state index contributed by atoms with van der Waals surface area (Å²) in [7, 11) is 0. The van der Waals surface area contributed by atoms with Gasteiger partial charge in [-0.05, 0) is 73.2 Å². The Hall–Kier alpha value is -2.33. The molecule has 0 radical (unpaired) electrons. The first-order valence-corrected chi connectivity index (χ1v) is 7.95. The number of nitrogens with two attached hydrogens (primary N) is 1. The molecule has 23 heavy (non-hydrogen) atoms. The molecule has 0 aliphatic heterocycles. The summed E-state index contributed by atoms with van der Waals surface area (Å²) in [6.45, 7) is 0. The van der Waals surface area contributed by atoms with Crippen LogP contribution in [0.2, 0.25) is 5.02 Å². The predicted molar refractivity (Wildman–Crippen MR) is 91.0 cm³/mol. The number of benzene rings is 2. The Bertz CT molecular complexity index is 769. The minimum atomic E-state index is -0.537. The van der Waals surface area contributed by atoms with Gasteiger partial charge in [-0.15, -0.1) is 0 Å². The summed E-state index contributed by atoms with van der Waals surface area (Å²) in [6.07, 6.45) is 4.13. The highest BCUT2D eigenvalue weighted by Crippen LogP contribution is 2.28. The smallest absolute Gasteiger partial charge is 0.255 e. The molecule has 0 bridgehead atoms. The van der Waals surface area contributed by atoms with Crippen LogP contribution < -0.4 is 11.1 Å². The van der Waals surface area contributed by atoms with Crippen LogP contribution in [-0.2, 0) is 12.8 Å². The molecule has 2 aromatic carbocycles. The molecule has 0 atom stereocenters. The van der Waals surface area contributed by atoms with Crippen LogP contribution in [0.1, 0.15) is 44.7 Å². The van der Waals surface area contributed by atoms with Gasteiger partial charge in [0.25, 0.3) is 11.8 Å². The van der Waals surface area contributed by atoms with Crippen molar-refractivity contribution in [3.8, 4) is 0 Å². The maximum atomic E-state index is 12.4. The number of hydrogen-bond donors (Lipinski definition) is 2. The average Bonchev–Trinajstić information content (AvgIpc) is 2.54. The van der Waals surface area contributed by atoms with Crippen LogP contribution in [0.4, 0.5) is 5.69 Å². The standard InChI is InChI=1S/C18H17ClN2O2/c19-14-7-5-11(6-8-14)18(23)21-16-10-13-4-2-1-3-12(13)9-15(16)17(20)22/h5-10H,1-4H2,(H2,20,22)(H,21,23). The van der Waals surface area contributed by atoms with Crippen molar-refractivity contribution in [2.45, 2.75) is 25.7 Å². The van der Waals surface area contributed by atoms with Crippen molar-refractivity contribution in [3.63, 3.8) is 0 Å². The van der Waals surface area contributed by atoms with Gasteiger partial charge in [-0.3, -0.25) is 9.59 Å². The van der Waals surface area contributed by atoms with Crippen molar-refractivity contribution in [2.24, 2.45) is 5.73 Å². The lowest BCUT2D eigenvalue weighted by molar-refractivity contribution is 0.100. The van der Waals surface area contributed by atoms with Gasteiger partial charge in [-0.1, -0.05) is 11.6 Å². The second-order valence-corrected chi connectivity index (χ2v) is 6.14. The van der Waals surface area contributed by atoms with Crippen LogP contribution in [0.5, 0.6) is 0 Å². The first-order chi connectivity index (χ1) is 11.0. The number of nitrogens with one attached hydrogen (secondary N) is 1. The zero-order valence-electron chi connectivity index (χ0n) is 12.6. The largest absolute Gasteiger partial charge is 0.366 e. The summed E-state index contributed by atoms with van der Waals surface area (Å²) in [4.78, 5) is 24.1. The van der Waals surface area contributed by atoms with Gasteiger partial charge in [-0.2, -0.15) is 0 Å². The molecule has 0 unspecified atom stereocenters. The Morgan fingerprint density at radius 2 is 1.61 bits per heavy atom. The molecule has 118 valence electrons. The molecule has 2 amide bonds. The van der Waals surface area contributed by atoms with E-state index in [4.69, 9.17) is 17.3 Å². The lowest BCUT2D eigenvalue weighted by atomic mass is 9.89. The highest BCUT2D eigenvalue weighted by molar-refractivity contribution is 6.30. The highest BCUT2D eigenvalue weighted by Gasteiger charge is 2.18. The summed E-state index contributed by atoms with van der Waals surface area (Å²) in [6, 6.07) is 10.3. The van der Waals surface area contributed by atoms with Gasteiger partial charge in [0.1, 0.15) is 0 Å². The first-order valence-electron chi connectivity index (χ1n) is 7.57. The summed E-state index contributed by atoms with van der Waals surface area (Å²) >= 11 is 5.83. The predicted octanol–water partition coefficient (Wildman–Crippen LogP) is 3.57. The van der Waals surface area contributed by atoms with Crippen molar-refractivity contribution in [1.29, 1.82) is 0 Å². The first kappa shape index (κ1) is 15.6. The molecule has 0 saturated carbocycles. The third-order valence-corrected chi connectivity index (χ3v) is 4.35. The summed E-state index contributed by atoms with van der Waals surface area (Å²) < 4.78 is 0. The number of carbonyl (C=O) groups is 2. The van der Waals surface area contributed by atoms with E-state index in [9.17, 15) is 9.59 Å². The lowest BCUT2D eigenvalue weighted by Crippen LogP contribution is -2.20. The number of anilines is 1. The Morgan fingerprint density at radius 3 is 2.22 bits per heavy atom. The van der Waals surface area contributed by atoms with Crippen molar-refractivity contribution >= 4 is 29.1 Å². The molecule has 5 heteroatoms. The lowest BCUT2D eigenvalue weighted by Gasteiger charge is -2.19. The van der Waals surface area contributed by atoms with Crippen LogP contribution in [0, 0.1) is 0 Å². The van der Waals surface area contributed by atoms with Gasteiger partial charge in [-0.25, -0.2) is 0 Å². The van der Waals surface area contributed by atoms with E-state index in [1.807, 2.05) is 12.1 Å². The number of halogens is 1. The minimum Gasteiger partial charge on any atom is -0.366 e. The second kappa shape index (κ2) is 6.42. The number of carbonyl (C=O) groups excluding carboxylic acids is 2. The Kier molecular flexibility index (Phi) is 4.35. The van der Waals surface area contributed by atoms with Crippen LogP contribution in [0.15, 0.2) is 36.4 Å². The van der Waals surface area contributed by atoms with Crippen LogP contribution in [0.25, 0.3) is 0 Å². The molecule has 1 aliphatic carbocycles. The van der Waals surface area contributed by atoms with Gasteiger partial charge in [0, 0.05) is 10.6 Å². The molecular weight excluding hydrogens is 312 g/mol. The van der Waals surface area contributed by atoms with Gasteiger partial charge in [0.05, 0.1) is 11.3 Å². The van der Waals surface area contributed by atoms with E-state index in [1.165, 1.54) is 5.56 Å². The number of rotatable bonds is 3. The zero-order valence-corrected chi connectivity index (χ0v) is 13.3. The van der Waals surface area contributed by atoms with Gasteiger partial charge >= 0.3 is 0 Å². The van der Waals surface area contributed by atoms with Crippen molar-refractivity contribution < 1.29 is 9.59 Å². The quantitative estimate of drug-likeness (QED) is 0.904. The fourth-order valence-corrected chi connectivity index (χ4v) is 3.01. The van der Waals surface area contributed by atoms with Gasteiger partial charge in [0.2, 0.25) is 0 Å². The number of primary amides is 1. The second-order valence-electron chi connectivity index (χ2n) is 5.70. The van der Waals surface area contributed by atoms with E-state index in [0.29, 0.717) is 21.8 Å². The molecule has 4 nitrogen and oxygen atoms in total. The van der Waals surface area contributed by atoms with E-state index < -0.39 is 5.91 Å². The SMILES string of the molecule is NC(=O)c1cc2c(cc1NC(=O)c1ccc(Cl)cc1)CCCC2. The van der Waals surface area contributed by atoms with Crippen molar-refractivity contribution in [2.75, 3.05) is 5.32 Å². The maximum absolute atomic E-state index is 12.4. The van der Waals surface area contributed by atoms with Crippen LogP contribution >= 0.6 is 11.6 Å². The number of aryl methyl sites for hydroxylation is 2. The van der Waals surface area contributed by atoms with E-state index in [2.05, 4.69) is 5.32 Å². The number of fused-ring (bicyclic) bond motifs is 1. The Balaban J connectivity index is 1.93. The molecule has 0 aromatic heterocycles. The van der Waals surface area contributed by atoms with E-state index in [-0.39, 0.29) is 5.91 Å². The van der Waals surface area contributed by atoms with E-state index in [1.54, 1.807) is 24.3 Å². The Morgan fingerprint density at radius 1 is 1.00 bits per heavy atom. The van der Waals surface area contributed by atoms with E-state index >= 15 is 0 Å². The molecule has 0 spiro atoms. The zero-order chi connectivity index (χ0) is 16.4. The topological polar surface area (TPSA) is 72.2 Å². The maximum Gasteiger partial charge on any atom is 0.255 e. The van der Waals surface area contributed by atoms with Crippen molar-refractivity contribution in [1.82, 2.24) is 0 Å². The molecule has 3 N–H and O–H groups in total. The number of hydrogen-bond acceptors (Lipinski definition) is 2. The highest BCUT2D eigenvalue weighted by atomic mass is 35.5. The third kappa shape index (κ3) is 3.37. The van der Waals surface area contributed by atoms with Crippen LogP contribution in [-0.4, -0.2) is 11.8 Å². The summed E-state index contributed by atoms with van der Waals surface area (Å²) in [5.74, 6) is -0.829. The Labute approximate surface area is 139 Å². The molecule has 0 heterocycles. The third-order valence-electron chi connectivity index (χ3n) is 4.10. The summed E-state index contributed by atoms with van der Waals surface area (Å²) in [5, 5.41) is 3.36. The molecule has 1 aliphatic rings. The van der Waals surface area contributed by atoms with Crippen LogP contribution in [0.3, 0.4) is 0 Å². The molecule has 0 fully saturated rings. The normalized spacial score (nSPS) is 13.3. The molecule has 0 saturated heterocycles.